The maximum Gasteiger partial charge on any atom is 0.293 e. The van der Waals surface area contributed by atoms with Gasteiger partial charge in [0.1, 0.15) is 11.8 Å². The number of carbonyl (C=O) groups excluding carboxylic acids is 2. The molecular weight excluding hydrogens is 290 g/mol. The lowest BCUT2D eigenvalue weighted by molar-refractivity contribution is -0.122. The quantitative estimate of drug-likeness (QED) is 0.798. The lowest BCUT2D eigenvalue weighted by atomic mass is 10.1. The Bertz CT molecular complexity index is 837. The van der Waals surface area contributed by atoms with Gasteiger partial charge in [-0.15, -0.1) is 0 Å². The van der Waals surface area contributed by atoms with Crippen LogP contribution < -0.4 is 5.43 Å². The Morgan fingerprint density at radius 3 is 2.71 bits per heavy atom. The van der Waals surface area contributed by atoms with Crippen LogP contribution in [0.25, 0.3) is 17.0 Å². The average Bonchev–Trinajstić information content (AvgIpc) is 2.76. The molecule has 1 aliphatic rings. The summed E-state index contributed by atoms with van der Waals surface area (Å²) in [7, 11) is 0. The molecule has 0 N–H and O–H groups in total. The van der Waals surface area contributed by atoms with E-state index in [9.17, 15) is 14.4 Å². The molecule has 21 heavy (non-hydrogen) atoms. The second kappa shape index (κ2) is 5.21. The Labute approximate surface area is 124 Å². The molecule has 0 unspecified atom stereocenters. The first-order chi connectivity index (χ1) is 10.1. The molecule has 106 valence electrons. The molecule has 1 aliphatic heterocycles. The van der Waals surface area contributed by atoms with Crippen LogP contribution in [0.4, 0.5) is 4.79 Å². The van der Waals surface area contributed by atoms with Crippen LogP contribution in [0.15, 0.2) is 44.6 Å². The molecule has 2 aromatic rings. The molecule has 0 saturated carbocycles. The van der Waals surface area contributed by atoms with Gasteiger partial charge in [-0.05, 0) is 36.9 Å². The van der Waals surface area contributed by atoms with Crippen LogP contribution in [0.1, 0.15) is 12.5 Å². The Morgan fingerprint density at radius 1 is 1.24 bits per heavy atom. The normalized spacial score (nSPS) is 17.2. The van der Waals surface area contributed by atoms with Crippen molar-refractivity contribution in [2.24, 2.45) is 0 Å². The van der Waals surface area contributed by atoms with Crippen molar-refractivity contribution in [3.8, 4) is 0 Å². The summed E-state index contributed by atoms with van der Waals surface area (Å²) in [5.41, 5.74) is 0.525. The first-order valence-electron chi connectivity index (χ1n) is 6.37. The Balaban J connectivity index is 2.09. The zero-order valence-corrected chi connectivity index (χ0v) is 12.0. The monoisotopic (exact) mass is 301 g/mol. The number of imide groups is 1. The summed E-state index contributed by atoms with van der Waals surface area (Å²) in [6.07, 6.45) is 2.73. The number of rotatable bonds is 2. The predicted molar refractivity (Wildman–Crippen MR) is 80.8 cm³/mol. The lowest BCUT2D eigenvalue weighted by Crippen LogP contribution is -2.27. The van der Waals surface area contributed by atoms with Gasteiger partial charge < -0.3 is 4.42 Å². The number of likely N-dealkylation sites (N-methyl/N-ethyl adjacent to an activating group) is 1. The van der Waals surface area contributed by atoms with Gasteiger partial charge in [-0.3, -0.25) is 19.3 Å². The van der Waals surface area contributed by atoms with E-state index in [1.807, 2.05) is 0 Å². The number of fused-ring (bicyclic) bond motifs is 1. The van der Waals surface area contributed by atoms with E-state index in [0.29, 0.717) is 17.5 Å². The second-order valence-electron chi connectivity index (χ2n) is 4.44. The molecule has 1 saturated heterocycles. The van der Waals surface area contributed by atoms with Gasteiger partial charge in [-0.25, -0.2) is 0 Å². The third-order valence-corrected chi connectivity index (χ3v) is 4.09. The van der Waals surface area contributed by atoms with Gasteiger partial charge in [0.05, 0.1) is 15.9 Å². The summed E-state index contributed by atoms with van der Waals surface area (Å²) in [6, 6.07) is 6.88. The summed E-state index contributed by atoms with van der Waals surface area (Å²) in [5, 5.41) is 0.125. The standard InChI is InChI=1S/C15H11NO4S/c1-2-16-14(18)12(21-15(16)19)7-9-8-20-11-6-4-3-5-10(11)13(9)17/h3-8H,2H2,1H3/b12-7-. The van der Waals surface area contributed by atoms with Gasteiger partial charge in [-0.2, -0.15) is 0 Å². The molecule has 0 aliphatic carbocycles. The van der Waals surface area contributed by atoms with E-state index < -0.39 is 0 Å². The number of nitrogens with zero attached hydrogens (tertiary/aromatic N) is 1. The minimum absolute atomic E-state index is 0.222. The Kier molecular flexibility index (Phi) is 3.39. The summed E-state index contributed by atoms with van der Waals surface area (Å²) in [4.78, 5) is 37.4. The lowest BCUT2D eigenvalue weighted by Gasteiger charge is -2.06. The highest BCUT2D eigenvalue weighted by Gasteiger charge is 2.33. The number of hydrogen-bond acceptors (Lipinski definition) is 5. The van der Waals surface area contributed by atoms with Gasteiger partial charge in [0.25, 0.3) is 11.1 Å². The van der Waals surface area contributed by atoms with Gasteiger partial charge in [0.15, 0.2) is 5.43 Å². The van der Waals surface area contributed by atoms with Crippen molar-refractivity contribution >= 4 is 40.0 Å². The molecule has 0 atom stereocenters. The zero-order valence-electron chi connectivity index (χ0n) is 11.2. The fourth-order valence-corrected chi connectivity index (χ4v) is 3.00. The van der Waals surface area contributed by atoms with E-state index >= 15 is 0 Å². The topological polar surface area (TPSA) is 67.6 Å². The highest BCUT2D eigenvalue weighted by Crippen LogP contribution is 2.31. The molecule has 2 heterocycles. The van der Waals surface area contributed by atoms with Crippen molar-refractivity contribution in [1.29, 1.82) is 0 Å². The van der Waals surface area contributed by atoms with Gasteiger partial charge in [0, 0.05) is 6.54 Å². The molecule has 0 spiro atoms. The highest BCUT2D eigenvalue weighted by molar-refractivity contribution is 8.18. The van der Waals surface area contributed by atoms with Crippen LogP contribution in [0.2, 0.25) is 0 Å². The van der Waals surface area contributed by atoms with Crippen LogP contribution in [0.3, 0.4) is 0 Å². The zero-order chi connectivity index (χ0) is 15.0. The molecule has 2 amide bonds. The molecule has 6 heteroatoms. The third-order valence-electron chi connectivity index (χ3n) is 3.18. The highest BCUT2D eigenvalue weighted by atomic mass is 32.2. The van der Waals surface area contributed by atoms with Crippen LogP contribution >= 0.6 is 11.8 Å². The first kappa shape index (κ1) is 13.6. The van der Waals surface area contributed by atoms with E-state index in [0.717, 1.165) is 16.7 Å². The summed E-state index contributed by atoms with van der Waals surface area (Å²) >= 11 is 0.833. The largest absolute Gasteiger partial charge is 0.463 e. The molecule has 5 nitrogen and oxygen atoms in total. The minimum atomic E-state index is -0.375. The number of para-hydroxylation sites is 1. The van der Waals surface area contributed by atoms with E-state index in [-0.39, 0.29) is 27.0 Å². The van der Waals surface area contributed by atoms with E-state index in [1.54, 1.807) is 31.2 Å². The smallest absolute Gasteiger partial charge is 0.293 e. The minimum Gasteiger partial charge on any atom is -0.463 e. The van der Waals surface area contributed by atoms with Crippen molar-refractivity contribution in [3.05, 3.63) is 51.2 Å². The molecule has 1 fully saturated rings. The first-order valence-corrected chi connectivity index (χ1v) is 7.19. The van der Waals surface area contributed by atoms with Crippen LogP contribution in [-0.2, 0) is 4.79 Å². The molecule has 0 radical (unpaired) electrons. The van der Waals surface area contributed by atoms with E-state index in [1.165, 1.54) is 12.3 Å². The molecule has 1 aromatic carbocycles. The van der Waals surface area contributed by atoms with Crippen LogP contribution in [0, 0.1) is 0 Å². The Hall–Kier alpha value is -2.34. The molecule has 1 aromatic heterocycles. The van der Waals surface area contributed by atoms with E-state index in [2.05, 4.69) is 0 Å². The van der Waals surface area contributed by atoms with E-state index in [4.69, 9.17) is 4.42 Å². The number of carbonyl (C=O) groups is 2. The number of benzene rings is 1. The van der Waals surface area contributed by atoms with Gasteiger partial charge in [0.2, 0.25) is 0 Å². The van der Waals surface area contributed by atoms with Gasteiger partial charge in [-0.1, -0.05) is 12.1 Å². The maximum absolute atomic E-state index is 12.3. The summed E-state index contributed by atoms with van der Waals surface area (Å²) in [6.45, 7) is 2.04. The third kappa shape index (κ3) is 2.27. The van der Waals surface area contributed by atoms with Gasteiger partial charge >= 0.3 is 0 Å². The average molecular weight is 301 g/mol. The maximum atomic E-state index is 12.3. The summed E-state index contributed by atoms with van der Waals surface area (Å²) in [5.74, 6) is -0.375. The van der Waals surface area contributed by atoms with Crippen molar-refractivity contribution in [1.82, 2.24) is 4.90 Å². The van der Waals surface area contributed by atoms with Crippen molar-refractivity contribution in [2.45, 2.75) is 6.92 Å². The molecule has 3 rings (SSSR count). The van der Waals surface area contributed by atoms with Crippen molar-refractivity contribution in [3.63, 3.8) is 0 Å². The van der Waals surface area contributed by atoms with Crippen LogP contribution in [-0.4, -0.2) is 22.6 Å². The number of thioether (sulfide) groups is 1. The Morgan fingerprint density at radius 2 is 2.00 bits per heavy atom. The molecular formula is C15H11NO4S. The molecule has 0 bridgehead atoms. The van der Waals surface area contributed by atoms with Crippen LogP contribution in [0.5, 0.6) is 0 Å². The SMILES string of the molecule is CCN1C(=O)S/C(=C\c2coc3ccccc3c2=O)C1=O. The predicted octanol–water partition coefficient (Wildman–Crippen LogP) is 2.85. The fraction of sp³-hybridized carbons (Fsp3) is 0.133. The fourth-order valence-electron chi connectivity index (χ4n) is 2.11. The van der Waals surface area contributed by atoms with Crippen molar-refractivity contribution in [2.75, 3.05) is 6.54 Å². The van der Waals surface area contributed by atoms with Crippen molar-refractivity contribution < 1.29 is 14.0 Å². The number of amides is 2. The second-order valence-corrected chi connectivity index (χ2v) is 5.44. The summed E-state index contributed by atoms with van der Waals surface area (Å²) < 4.78 is 5.39. The number of hydrogen-bond donors (Lipinski definition) is 0.